The molecule has 0 spiro atoms. The van der Waals surface area contributed by atoms with Crippen LogP contribution in [-0.4, -0.2) is 17.3 Å². The minimum Gasteiger partial charge on any atom is -0.497 e. The number of nitrogens with zero attached hydrogens (tertiary/aromatic N) is 2. The number of hydrogen-bond donors (Lipinski definition) is 2. The molecule has 0 amide bonds. The van der Waals surface area contributed by atoms with Gasteiger partial charge in [0.1, 0.15) is 5.75 Å². The molecule has 2 rings (SSSR count). The van der Waals surface area contributed by atoms with Crippen molar-refractivity contribution in [1.82, 2.24) is 10.2 Å². The van der Waals surface area contributed by atoms with Crippen LogP contribution in [0.3, 0.4) is 0 Å². The minimum absolute atomic E-state index is 0.267. The number of nitrogens with two attached hydrogens (primary N) is 2. The minimum atomic E-state index is 0.267. The summed E-state index contributed by atoms with van der Waals surface area (Å²) < 4.78 is 5.09. The Bertz CT molecular complexity index is 510. The van der Waals surface area contributed by atoms with E-state index in [1.165, 1.54) is 0 Å². The SMILES string of the molecule is COc1ccc(Cc2cc(N)c(N)nn2)cc1. The van der Waals surface area contributed by atoms with Crippen molar-refractivity contribution in [2.24, 2.45) is 0 Å². The Kier molecular flexibility index (Phi) is 3.09. The third kappa shape index (κ3) is 2.63. The quantitative estimate of drug-likeness (QED) is 0.828. The summed E-state index contributed by atoms with van der Waals surface area (Å²) in [4.78, 5) is 0. The molecule has 5 nitrogen and oxygen atoms in total. The van der Waals surface area contributed by atoms with Crippen molar-refractivity contribution >= 4 is 11.5 Å². The zero-order chi connectivity index (χ0) is 12.3. The number of anilines is 2. The molecule has 0 aliphatic rings. The van der Waals surface area contributed by atoms with Gasteiger partial charge in [-0.2, -0.15) is 5.10 Å². The third-order valence-electron chi connectivity index (χ3n) is 2.45. The van der Waals surface area contributed by atoms with Crippen LogP contribution in [0.2, 0.25) is 0 Å². The molecule has 0 aliphatic carbocycles. The molecule has 0 fully saturated rings. The Labute approximate surface area is 99.4 Å². The van der Waals surface area contributed by atoms with E-state index in [1.54, 1.807) is 13.2 Å². The number of aromatic nitrogens is 2. The number of rotatable bonds is 3. The summed E-state index contributed by atoms with van der Waals surface area (Å²) >= 11 is 0. The molecule has 1 aromatic heterocycles. The zero-order valence-corrected chi connectivity index (χ0v) is 9.55. The van der Waals surface area contributed by atoms with Gasteiger partial charge in [0.2, 0.25) is 0 Å². The second kappa shape index (κ2) is 4.69. The van der Waals surface area contributed by atoms with E-state index in [4.69, 9.17) is 16.2 Å². The molecule has 4 N–H and O–H groups in total. The molecule has 0 atom stereocenters. The van der Waals surface area contributed by atoms with Crippen LogP contribution in [-0.2, 0) is 6.42 Å². The fraction of sp³-hybridized carbons (Fsp3) is 0.167. The Morgan fingerprint density at radius 2 is 1.82 bits per heavy atom. The van der Waals surface area contributed by atoms with Gasteiger partial charge in [-0.15, -0.1) is 5.10 Å². The lowest BCUT2D eigenvalue weighted by atomic mass is 10.1. The molecule has 0 radical (unpaired) electrons. The average Bonchev–Trinajstić information content (AvgIpc) is 2.35. The highest BCUT2D eigenvalue weighted by Crippen LogP contribution is 2.16. The summed E-state index contributed by atoms with van der Waals surface area (Å²) in [7, 11) is 1.64. The number of nitrogen functional groups attached to an aromatic ring is 2. The first-order valence-corrected chi connectivity index (χ1v) is 5.19. The van der Waals surface area contributed by atoms with Gasteiger partial charge >= 0.3 is 0 Å². The lowest BCUT2D eigenvalue weighted by Crippen LogP contribution is -2.03. The Hall–Kier alpha value is -2.30. The van der Waals surface area contributed by atoms with Crippen molar-refractivity contribution in [1.29, 1.82) is 0 Å². The smallest absolute Gasteiger partial charge is 0.169 e. The summed E-state index contributed by atoms with van der Waals surface area (Å²) in [5.41, 5.74) is 13.5. The van der Waals surface area contributed by atoms with Crippen molar-refractivity contribution in [2.45, 2.75) is 6.42 Å². The molecule has 2 aromatic rings. The van der Waals surface area contributed by atoms with Gasteiger partial charge < -0.3 is 16.2 Å². The summed E-state index contributed by atoms with van der Waals surface area (Å²) in [6.07, 6.45) is 0.668. The highest BCUT2D eigenvalue weighted by Gasteiger charge is 2.02. The maximum absolute atomic E-state index is 5.67. The molecule has 0 aliphatic heterocycles. The molecular formula is C12H14N4O. The van der Waals surface area contributed by atoms with Crippen LogP contribution in [0.5, 0.6) is 5.75 Å². The molecule has 5 heteroatoms. The van der Waals surface area contributed by atoms with E-state index < -0.39 is 0 Å². The molecule has 0 saturated carbocycles. The number of hydrogen-bond acceptors (Lipinski definition) is 5. The lowest BCUT2D eigenvalue weighted by Gasteiger charge is -2.04. The van der Waals surface area contributed by atoms with Crippen LogP contribution in [0.15, 0.2) is 30.3 Å². The Balaban J connectivity index is 2.16. The summed E-state index contributed by atoms with van der Waals surface area (Å²) in [6.45, 7) is 0. The van der Waals surface area contributed by atoms with Crippen molar-refractivity contribution in [3.8, 4) is 5.75 Å². The molecule has 0 unspecified atom stereocenters. The van der Waals surface area contributed by atoms with Crippen molar-refractivity contribution in [2.75, 3.05) is 18.6 Å². The zero-order valence-electron chi connectivity index (χ0n) is 9.55. The van der Waals surface area contributed by atoms with E-state index in [-0.39, 0.29) is 5.82 Å². The van der Waals surface area contributed by atoms with Crippen LogP contribution in [0.1, 0.15) is 11.3 Å². The fourth-order valence-corrected chi connectivity index (χ4v) is 1.50. The molecule has 1 heterocycles. The van der Waals surface area contributed by atoms with E-state index in [9.17, 15) is 0 Å². The molecule has 1 aromatic carbocycles. The standard InChI is InChI=1S/C12H14N4O/c1-17-10-4-2-8(3-5-10)6-9-7-11(13)12(14)16-15-9/h2-5,7H,6H2,1H3,(H2,13,15)(H2,14,16). The van der Waals surface area contributed by atoms with Crippen molar-refractivity contribution < 1.29 is 4.74 Å². The summed E-state index contributed by atoms with van der Waals surface area (Å²) in [6, 6.07) is 9.51. The van der Waals surface area contributed by atoms with Crippen molar-refractivity contribution in [3.05, 3.63) is 41.6 Å². The normalized spacial score (nSPS) is 10.2. The highest BCUT2D eigenvalue weighted by molar-refractivity contribution is 5.57. The molecular weight excluding hydrogens is 216 g/mol. The van der Waals surface area contributed by atoms with Gasteiger partial charge in [-0.3, -0.25) is 0 Å². The van der Waals surface area contributed by atoms with E-state index in [2.05, 4.69) is 10.2 Å². The first kappa shape index (κ1) is 11.2. The van der Waals surface area contributed by atoms with Gasteiger partial charge in [0, 0.05) is 6.42 Å². The van der Waals surface area contributed by atoms with E-state index >= 15 is 0 Å². The van der Waals surface area contributed by atoms with Crippen LogP contribution in [0, 0.1) is 0 Å². The summed E-state index contributed by atoms with van der Waals surface area (Å²) in [5, 5.41) is 7.78. The van der Waals surface area contributed by atoms with Crippen LogP contribution in [0.25, 0.3) is 0 Å². The molecule has 0 saturated heterocycles. The number of benzene rings is 1. The topological polar surface area (TPSA) is 87.0 Å². The van der Waals surface area contributed by atoms with Crippen LogP contribution in [0.4, 0.5) is 11.5 Å². The van der Waals surface area contributed by atoms with E-state index in [0.29, 0.717) is 12.1 Å². The van der Waals surface area contributed by atoms with Crippen molar-refractivity contribution in [3.63, 3.8) is 0 Å². The molecule has 17 heavy (non-hydrogen) atoms. The van der Waals surface area contributed by atoms with Gasteiger partial charge in [0.05, 0.1) is 18.5 Å². The highest BCUT2D eigenvalue weighted by atomic mass is 16.5. The van der Waals surface area contributed by atoms with Gasteiger partial charge in [-0.25, -0.2) is 0 Å². The van der Waals surface area contributed by atoms with Gasteiger partial charge in [0.15, 0.2) is 5.82 Å². The predicted octanol–water partition coefficient (Wildman–Crippen LogP) is 1.24. The second-order valence-corrected chi connectivity index (χ2v) is 3.70. The lowest BCUT2D eigenvalue weighted by molar-refractivity contribution is 0.414. The molecule has 88 valence electrons. The third-order valence-corrected chi connectivity index (χ3v) is 2.45. The first-order chi connectivity index (χ1) is 8.19. The predicted molar refractivity (Wildman–Crippen MR) is 66.7 cm³/mol. The Morgan fingerprint density at radius 3 is 2.41 bits per heavy atom. The number of methoxy groups -OCH3 is 1. The largest absolute Gasteiger partial charge is 0.497 e. The maximum Gasteiger partial charge on any atom is 0.169 e. The van der Waals surface area contributed by atoms with Gasteiger partial charge in [0.25, 0.3) is 0 Å². The molecule has 0 bridgehead atoms. The van der Waals surface area contributed by atoms with Crippen LogP contribution < -0.4 is 16.2 Å². The van der Waals surface area contributed by atoms with Gasteiger partial charge in [-0.1, -0.05) is 12.1 Å². The second-order valence-electron chi connectivity index (χ2n) is 3.70. The monoisotopic (exact) mass is 230 g/mol. The Morgan fingerprint density at radius 1 is 1.12 bits per heavy atom. The van der Waals surface area contributed by atoms with E-state index in [1.807, 2.05) is 24.3 Å². The van der Waals surface area contributed by atoms with Crippen LogP contribution >= 0.6 is 0 Å². The summed E-state index contributed by atoms with van der Waals surface area (Å²) in [5.74, 6) is 1.10. The number of ether oxygens (including phenoxy) is 1. The van der Waals surface area contributed by atoms with Gasteiger partial charge in [-0.05, 0) is 23.8 Å². The van der Waals surface area contributed by atoms with E-state index in [0.717, 1.165) is 17.0 Å². The average molecular weight is 230 g/mol. The maximum atomic E-state index is 5.67. The fourth-order valence-electron chi connectivity index (χ4n) is 1.50. The first-order valence-electron chi connectivity index (χ1n) is 5.19.